The van der Waals surface area contributed by atoms with E-state index >= 15 is 0 Å². The molecule has 4 rings (SSSR count). The fourth-order valence-corrected chi connectivity index (χ4v) is 5.19. The van der Waals surface area contributed by atoms with E-state index in [-0.39, 0.29) is 6.04 Å². The molecule has 3 atom stereocenters. The molecule has 0 amide bonds. The van der Waals surface area contributed by atoms with Gasteiger partial charge in [-0.25, -0.2) is 4.31 Å². The number of rotatable bonds is 4. The molecule has 1 aromatic carbocycles. The lowest BCUT2D eigenvalue weighted by Gasteiger charge is -2.25. The van der Waals surface area contributed by atoms with E-state index in [0.29, 0.717) is 0 Å². The van der Waals surface area contributed by atoms with E-state index in [1.807, 2.05) is 18.9 Å². The van der Waals surface area contributed by atoms with Gasteiger partial charge in [-0.05, 0) is 74.7 Å². The summed E-state index contributed by atoms with van der Waals surface area (Å²) in [5.41, 5.74) is 2.40. The van der Waals surface area contributed by atoms with Gasteiger partial charge in [0.2, 0.25) is 0 Å². The topological polar surface area (TPSA) is 25.2 Å². The van der Waals surface area contributed by atoms with Crippen LogP contribution in [0.5, 0.6) is 0 Å². The Bertz CT molecular complexity index is 723. The molecule has 2 bridgehead atoms. The van der Waals surface area contributed by atoms with Gasteiger partial charge in [0.05, 0.1) is 6.04 Å². The number of aromatic nitrogens is 1. The standard InChI is InChI=1S/C18H22N2OS/c1-12-9-19(13(2)11-21)18-6-5-16(8-17(12)18)22-20-10-14-3-4-15(20)7-14/h5-6,8-9,11,13-15H,3-4,7,10H2,1-2H3. The van der Waals surface area contributed by atoms with Crippen molar-refractivity contribution in [2.24, 2.45) is 5.92 Å². The Morgan fingerprint density at radius 1 is 1.36 bits per heavy atom. The monoisotopic (exact) mass is 314 g/mol. The third-order valence-corrected chi connectivity index (χ3v) is 6.37. The largest absolute Gasteiger partial charge is 0.337 e. The maximum Gasteiger partial charge on any atom is 0.142 e. The Balaban J connectivity index is 1.63. The summed E-state index contributed by atoms with van der Waals surface area (Å²) in [7, 11) is 0. The summed E-state index contributed by atoms with van der Waals surface area (Å²) >= 11 is 1.92. The lowest BCUT2D eigenvalue weighted by atomic mass is 10.1. The van der Waals surface area contributed by atoms with E-state index in [1.54, 1.807) is 0 Å². The number of piperidine rings is 1. The van der Waals surface area contributed by atoms with Crippen molar-refractivity contribution in [3.8, 4) is 0 Å². The number of carbonyl (C=O) groups is 1. The molecule has 1 saturated heterocycles. The maximum absolute atomic E-state index is 11.1. The van der Waals surface area contributed by atoms with Gasteiger partial charge in [0.15, 0.2) is 0 Å². The SMILES string of the molecule is Cc1cn(C(C)C=O)c2ccc(SN3CC4CCC3C4)cc12. The molecule has 116 valence electrons. The molecule has 2 aromatic rings. The van der Waals surface area contributed by atoms with E-state index < -0.39 is 0 Å². The average Bonchev–Trinajstić information content (AvgIpc) is 3.21. The smallest absolute Gasteiger partial charge is 0.142 e. The van der Waals surface area contributed by atoms with Gasteiger partial charge < -0.3 is 9.36 Å². The van der Waals surface area contributed by atoms with Gasteiger partial charge in [-0.15, -0.1) is 0 Å². The van der Waals surface area contributed by atoms with Crippen LogP contribution in [0.2, 0.25) is 0 Å². The zero-order valence-corrected chi connectivity index (χ0v) is 14.0. The van der Waals surface area contributed by atoms with Crippen LogP contribution in [0.1, 0.15) is 37.8 Å². The van der Waals surface area contributed by atoms with Crippen molar-refractivity contribution >= 4 is 29.1 Å². The summed E-state index contributed by atoms with van der Waals surface area (Å²) in [6.45, 7) is 5.31. The van der Waals surface area contributed by atoms with Crippen LogP contribution in [-0.2, 0) is 4.79 Å². The summed E-state index contributed by atoms with van der Waals surface area (Å²) < 4.78 is 4.65. The summed E-state index contributed by atoms with van der Waals surface area (Å²) in [5, 5.41) is 1.27. The highest BCUT2D eigenvalue weighted by molar-refractivity contribution is 7.97. The second kappa shape index (κ2) is 5.43. The minimum atomic E-state index is -0.107. The molecule has 0 N–H and O–H groups in total. The van der Waals surface area contributed by atoms with Gasteiger partial charge in [-0.3, -0.25) is 0 Å². The molecule has 0 spiro atoms. The maximum atomic E-state index is 11.1. The summed E-state index contributed by atoms with van der Waals surface area (Å²) in [6.07, 6.45) is 7.28. The normalized spacial score (nSPS) is 25.9. The van der Waals surface area contributed by atoms with Crippen molar-refractivity contribution in [3.05, 3.63) is 30.0 Å². The second-order valence-electron chi connectivity index (χ2n) is 6.80. The zero-order valence-electron chi connectivity index (χ0n) is 13.2. The van der Waals surface area contributed by atoms with Crippen molar-refractivity contribution in [3.63, 3.8) is 0 Å². The van der Waals surface area contributed by atoms with Crippen molar-refractivity contribution < 1.29 is 4.79 Å². The summed E-state index contributed by atoms with van der Waals surface area (Å²) in [5.74, 6) is 0.928. The number of fused-ring (bicyclic) bond motifs is 3. The fourth-order valence-electron chi connectivity index (χ4n) is 3.99. The predicted molar refractivity (Wildman–Crippen MR) is 91.1 cm³/mol. The van der Waals surface area contributed by atoms with Crippen LogP contribution in [-0.4, -0.2) is 27.7 Å². The van der Waals surface area contributed by atoms with E-state index in [9.17, 15) is 4.79 Å². The molecule has 1 aliphatic carbocycles. The van der Waals surface area contributed by atoms with Gasteiger partial charge in [-0.1, -0.05) is 0 Å². The third-order valence-electron chi connectivity index (χ3n) is 5.22. The van der Waals surface area contributed by atoms with Crippen LogP contribution in [0.15, 0.2) is 29.3 Å². The Labute approximate surface area is 135 Å². The number of benzene rings is 1. The lowest BCUT2D eigenvalue weighted by Crippen LogP contribution is -2.25. The third kappa shape index (κ3) is 2.29. The second-order valence-corrected chi connectivity index (χ2v) is 7.92. The van der Waals surface area contributed by atoms with Crippen LogP contribution < -0.4 is 0 Å². The minimum absolute atomic E-state index is 0.107. The van der Waals surface area contributed by atoms with E-state index in [0.717, 1.165) is 23.8 Å². The lowest BCUT2D eigenvalue weighted by molar-refractivity contribution is -0.110. The Hall–Kier alpha value is -1.26. The Morgan fingerprint density at radius 3 is 2.91 bits per heavy atom. The van der Waals surface area contributed by atoms with E-state index in [2.05, 4.69) is 40.2 Å². The number of aryl methyl sites for hydroxylation is 1. The predicted octanol–water partition coefficient (Wildman–Crippen LogP) is 4.20. The van der Waals surface area contributed by atoms with Crippen LogP contribution in [0.25, 0.3) is 10.9 Å². The first kappa shape index (κ1) is 14.3. The number of carbonyl (C=O) groups excluding carboxylic acids is 1. The molecule has 2 heterocycles. The highest BCUT2D eigenvalue weighted by Crippen LogP contribution is 2.43. The molecule has 2 aliphatic rings. The Morgan fingerprint density at radius 2 is 2.23 bits per heavy atom. The van der Waals surface area contributed by atoms with Crippen LogP contribution in [0.3, 0.4) is 0 Å². The van der Waals surface area contributed by atoms with Gasteiger partial charge in [0.1, 0.15) is 6.29 Å². The molecular weight excluding hydrogens is 292 g/mol. The highest BCUT2D eigenvalue weighted by Gasteiger charge is 2.38. The summed E-state index contributed by atoms with van der Waals surface area (Å²) in [4.78, 5) is 12.4. The first-order valence-corrected chi connectivity index (χ1v) is 8.94. The molecule has 22 heavy (non-hydrogen) atoms. The number of hydrogen-bond donors (Lipinski definition) is 0. The molecule has 2 fully saturated rings. The van der Waals surface area contributed by atoms with Crippen molar-refractivity contribution in [2.45, 2.75) is 50.1 Å². The van der Waals surface area contributed by atoms with Crippen molar-refractivity contribution in [1.82, 2.24) is 8.87 Å². The van der Waals surface area contributed by atoms with Gasteiger partial charge in [0, 0.05) is 34.6 Å². The number of aldehydes is 1. The minimum Gasteiger partial charge on any atom is -0.337 e. The molecule has 1 saturated carbocycles. The Kier molecular flexibility index (Phi) is 3.54. The zero-order chi connectivity index (χ0) is 15.3. The molecule has 1 aliphatic heterocycles. The van der Waals surface area contributed by atoms with Gasteiger partial charge in [-0.2, -0.15) is 0 Å². The molecular formula is C18H22N2OS. The molecule has 4 heteroatoms. The summed E-state index contributed by atoms with van der Waals surface area (Å²) in [6, 6.07) is 7.33. The first-order chi connectivity index (χ1) is 10.7. The van der Waals surface area contributed by atoms with Gasteiger partial charge in [0.25, 0.3) is 0 Å². The quantitative estimate of drug-likeness (QED) is 0.624. The molecule has 0 radical (unpaired) electrons. The van der Waals surface area contributed by atoms with Crippen molar-refractivity contribution in [1.29, 1.82) is 0 Å². The first-order valence-electron chi connectivity index (χ1n) is 8.17. The number of nitrogens with zero attached hydrogens (tertiary/aromatic N) is 2. The molecule has 1 aromatic heterocycles. The van der Waals surface area contributed by atoms with Crippen LogP contribution >= 0.6 is 11.9 Å². The van der Waals surface area contributed by atoms with E-state index in [4.69, 9.17) is 0 Å². The molecule has 3 unspecified atom stereocenters. The van der Waals surface area contributed by atoms with Crippen LogP contribution in [0.4, 0.5) is 0 Å². The molecule has 3 nitrogen and oxygen atoms in total. The average molecular weight is 314 g/mol. The fraction of sp³-hybridized carbons (Fsp3) is 0.500. The van der Waals surface area contributed by atoms with E-state index in [1.165, 1.54) is 41.7 Å². The highest BCUT2D eigenvalue weighted by atomic mass is 32.2. The number of hydrogen-bond acceptors (Lipinski definition) is 3. The van der Waals surface area contributed by atoms with Gasteiger partial charge >= 0.3 is 0 Å². The van der Waals surface area contributed by atoms with Crippen LogP contribution in [0, 0.1) is 12.8 Å². The van der Waals surface area contributed by atoms with Crippen molar-refractivity contribution in [2.75, 3.05) is 6.54 Å².